The minimum atomic E-state index is -1.17. The summed E-state index contributed by atoms with van der Waals surface area (Å²) in [6.45, 7) is 6.54. The molecule has 302 valence electrons. The fraction of sp³-hybridized carbons (Fsp3) is 0.452. The maximum absolute atomic E-state index is 12.2. The number of ether oxygens (including phenoxy) is 1. The van der Waals surface area contributed by atoms with Crippen LogP contribution in [0.4, 0.5) is 0 Å². The number of carbonyl (C=O) groups excluding carboxylic acids is 4. The van der Waals surface area contributed by atoms with Gasteiger partial charge in [0.25, 0.3) is 0 Å². The van der Waals surface area contributed by atoms with Gasteiger partial charge >= 0.3 is 5.97 Å². The Morgan fingerprint density at radius 2 is 1.79 bits per heavy atom. The predicted molar refractivity (Wildman–Crippen MR) is 224 cm³/mol. The summed E-state index contributed by atoms with van der Waals surface area (Å²) in [5, 5.41) is 4.34. The van der Waals surface area contributed by atoms with Crippen molar-refractivity contribution in [2.45, 2.75) is 83.0 Å². The number of fused-ring (bicyclic) bond motifs is 2. The summed E-state index contributed by atoms with van der Waals surface area (Å²) in [5.41, 5.74) is 6.46. The molecule has 0 saturated carbocycles. The number of carbonyl (C=O) groups is 4. The van der Waals surface area contributed by atoms with E-state index in [1.54, 1.807) is 24.1 Å². The minimum absolute atomic E-state index is 0.0682. The van der Waals surface area contributed by atoms with Gasteiger partial charge in [-0.1, -0.05) is 37.6 Å². The molecular weight excluding hydrogens is 750 g/mol. The van der Waals surface area contributed by atoms with Crippen LogP contribution >= 0.6 is 19.6 Å². The molecule has 2 aromatic carbocycles. The first-order valence-corrected chi connectivity index (χ1v) is 21.6. The zero-order valence-electron chi connectivity index (χ0n) is 32.9. The Balaban J connectivity index is 0.000000211. The number of likely N-dealkylation sites (tertiary alicyclic amines) is 1. The van der Waals surface area contributed by atoms with Gasteiger partial charge in [-0.15, -0.1) is 11.3 Å². The Labute approximate surface area is 335 Å². The molecule has 4 aromatic rings. The van der Waals surface area contributed by atoms with Gasteiger partial charge in [-0.05, 0) is 87.4 Å². The van der Waals surface area contributed by atoms with E-state index in [-0.39, 0.29) is 17.3 Å². The summed E-state index contributed by atoms with van der Waals surface area (Å²) < 4.78 is 14.4. The average Bonchev–Trinajstić information content (AvgIpc) is 3.81. The molecule has 12 nitrogen and oxygen atoms in total. The zero-order valence-corrected chi connectivity index (χ0v) is 34.6. The van der Waals surface area contributed by atoms with Crippen LogP contribution in [0.1, 0.15) is 85.5 Å². The van der Waals surface area contributed by atoms with Crippen LogP contribution in [0, 0.1) is 0 Å². The van der Waals surface area contributed by atoms with Gasteiger partial charge in [0.1, 0.15) is 11.8 Å². The lowest BCUT2D eigenvalue weighted by Gasteiger charge is -2.36. The molecule has 3 aliphatic heterocycles. The van der Waals surface area contributed by atoms with Crippen molar-refractivity contribution in [2.24, 2.45) is 12.8 Å². The lowest BCUT2D eigenvalue weighted by molar-refractivity contribution is -0.145. The third kappa shape index (κ3) is 13.1. The lowest BCUT2D eigenvalue weighted by atomic mass is 9.93. The van der Waals surface area contributed by atoms with E-state index in [9.17, 15) is 24.0 Å². The number of hydrogen-bond donors (Lipinski definition) is 2. The smallest absolute Gasteiger partial charge is 0.323 e. The average molecular weight is 806 g/mol. The van der Waals surface area contributed by atoms with Crippen LogP contribution in [0.2, 0.25) is 0 Å². The molecule has 0 aliphatic carbocycles. The number of rotatable bonds is 12. The third-order valence-electron chi connectivity index (χ3n) is 9.60. The maximum atomic E-state index is 12.2. The zero-order chi connectivity index (χ0) is 40.5. The normalized spacial score (nSPS) is 17.2. The van der Waals surface area contributed by atoms with Gasteiger partial charge in [0.15, 0.2) is 20.0 Å². The Morgan fingerprint density at radius 3 is 2.50 bits per heavy atom. The molecule has 3 saturated heterocycles. The number of nitrogens with one attached hydrogen (secondary N) is 1. The predicted octanol–water partition coefficient (Wildman–Crippen LogP) is 6.60. The van der Waals surface area contributed by atoms with Crippen molar-refractivity contribution in [3.05, 3.63) is 99.3 Å². The maximum Gasteiger partial charge on any atom is 0.323 e. The monoisotopic (exact) mass is 805 g/mol. The highest BCUT2D eigenvalue weighted by Crippen LogP contribution is 2.40. The second kappa shape index (κ2) is 23.0. The van der Waals surface area contributed by atoms with Gasteiger partial charge in [-0.2, -0.15) is 0 Å². The van der Waals surface area contributed by atoms with E-state index in [1.165, 1.54) is 44.1 Å². The van der Waals surface area contributed by atoms with Crippen LogP contribution in [0.25, 0.3) is 10.1 Å². The topological polar surface area (TPSA) is 153 Å². The van der Waals surface area contributed by atoms with Crippen molar-refractivity contribution >= 4 is 54.3 Å². The van der Waals surface area contributed by atoms with E-state index < -0.39 is 14.3 Å². The highest BCUT2D eigenvalue weighted by atomic mass is 32.1. The summed E-state index contributed by atoms with van der Waals surface area (Å²) in [7, 11) is 2.22. The first kappa shape index (κ1) is 44.3. The number of thiophene rings is 1. The number of aldehydes is 1. The quantitative estimate of drug-likeness (QED) is 0.0916. The van der Waals surface area contributed by atoms with E-state index in [0.29, 0.717) is 42.7 Å². The molecule has 3 N–H and O–H groups in total. The van der Waals surface area contributed by atoms with Crippen molar-refractivity contribution in [3.63, 3.8) is 0 Å². The van der Waals surface area contributed by atoms with E-state index in [1.807, 2.05) is 73.3 Å². The molecule has 3 unspecified atom stereocenters. The molecule has 0 bridgehead atoms. The molecule has 3 aliphatic rings. The van der Waals surface area contributed by atoms with Gasteiger partial charge in [0.2, 0.25) is 12.3 Å². The van der Waals surface area contributed by atoms with Crippen molar-refractivity contribution in [3.8, 4) is 5.75 Å². The first-order chi connectivity index (χ1) is 27.2. The second-order valence-electron chi connectivity index (χ2n) is 13.9. The Bertz CT molecular complexity index is 1920. The molecule has 0 spiro atoms. The van der Waals surface area contributed by atoms with E-state index in [4.69, 9.17) is 9.26 Å². The van der Waals surface area contributed by atoms with Crippen LogP contribution in [-0.2, 0) is 32.3 Å². The van der Waals surface area contributed by atoms with Gasteiger partial charge in [0.05, 0.1) is 11.5 Å². The Morgan fingerprint density at radius 1 is 1.04 bits per heavy atom. The molecule has 2 amide bonds. The molecule has 14 heteroatoms. The first-order valence-electron chi connectivity index (χ1n) is 19.3. The van der Waals surface area contributed by atoms with E-state index in [0.717, 1.165) is 65.5 Å². The number of esters is 1. The number of hydrogen-bond acceptors (Lipinski definition) is 10. The number of para-hydroxylation sites is 1. The summed E-state index contributed by atoms with van der Waals surface area (Å²) in [5.74, 6) is 1.10. The third-order valence-corrected chi connectivity index (χ3v) is 12.4. The number of amides is 2. The fourth-order valence-electron chi connectivity index (χ4n) is 6.72. The van der Waals surface area contributed by atoms with E-state index >= 15 is 0 Å². The number of aryl methyl sites for hydroxylation is 1. The van der Waals surface area contributed by atoms with Crippen LogP contribution < -0.4 is 20.8 Å². The summed E-state index contributed by atoms with van der Waals surface area (Å²) in [6.07, 6.45) is 13.6. The van der Waals surface area contributed by atoms with Crippen LogP contribution in [-0.4, -0.2) is 84.3 Å². The van der Waals surface area contributed by atoms with E-state index in [2.05, 4.69) is 21.8 Å². The van der Waals surface area contributed by atoms with Crippen LogP contribution in [0.3, 0.4) is 0 Å². The number of aromatic nitrogens is 1. The Kier molecular flexibility index (Phi) is 18.2. The molecule has 0 radical (unpaired) electrons. The van der Waals surface area contributed by atoms with Crippen molar-refractivity contribution in [2.75, 3.05) is 33.3 Å². The summed E-state index contributed by atoms with van der Waals surface area (Å²) in [6, 6.07) is 19.3. The van der Waals surface area contributed by atoms with Gasteiger partial charge in [0, 0.05) is 79.9 Å². The van der Waals surface area contributed by atoms with Gasteiger partial charge in [-0.25, -0.2) is 0 Å². The molecule has 56 heavy (non-hydrogen) atoms. The van der Waals surface area contributed by atoms with Crippen LogP contribution in [0.15, 0.2) is 77.9 Å². The fourth-order valence-corrected chi connectivity index (χ4v) is 9.23. The number of nitrogens with two attached hydrogens (primary N) is 1. The standard InChI is InChI=1S/C22H24NO4PS.C10H12N2O2.C9H15NO.CH5N/c1-3-11-26-22(25)16(2)23-28(27-19-7-5-4-6-8-19)15-17-9-10-21-18(12-17)13-20(14-24)29-21;1-11-3-2-10(14)9(6-11)8-4-12(5-8)7-13;11-9-6-2-1-4-8-5-3-7-10(8)9;1-2/h4-10,12-14,16,23H,3,11,15H2,1-2H3;2-3,6-8H,4-5H2,1H3;8H,1-7H2;2H2,1H3. The highest BCUT2D eigenvalue weighted by Gasteiger charge is 2.30. The lowest BCUT2D eigenvalue weighted by Crippen LogP contribution is -2.45. The summed E-state index contributed by atoms with van der Waals surface area (Å²) >= 11 is 1.48. The SMILES string of the molecule is CCCOC(=O)C(C)NP(Cc1ccc2sc(C=O)cc2c1)Oc1ccccc1.CN.Cn1ccc(=O)c(C2CN(C=O)C2)c1.O=C1CCCCC2CCCN12. The van der Waals surface area contributed by atoms with Crippen molar-refractivity contribution in [1.29, 1.82) is 0 Å². The Hall–Kier alpha value is -4.42. The van der Waals surface area contributed by atoms with Gasteiger partial charge < -0.3 is 29.4 Å². The van der Waals surface area contributed by atoms with Gasteiger partial charge in [-0.3, -0.25) is 29.1 Å². The van der Waals surface area contributed by atoms with Crippen molar-refractivity contribution in [1.82, 2.24) is 19.5 Å². The summed E-state index contributed by atoms with van der Waals surface area (Å²) in [4.78, 5) is 61.0. The molecule has 2 aromatic heterocycles. The number of pyridine rings is 1. The largest absolute Gasteiger partial charge is 0.465 e. The molecule has 7 rings (SSSR count). The van der Waals surface area contributed by atoms with Crippen molar-refractivity contribution < 1.29 is 28.4 Å². The minimum Gasteiger partial charge on any atom is -0.465 e. The highest BCUT2D eigenvalue weighted by molar-refractivity contribution is 7.50. The number of nitrogens with zero attached hydrogens (tertiary/aromatic N) is 3. The second-order valence-corrected chi connectivity index (χ2v) is 16.5. The van der Waals surface area contributed by atoms with Crippen LogP contribution in [0.5, 0.6) is 5.75 Å². The molecule has 3 atom stereocenters. The molecule has 5 heterocycles. The molecule has 3 fully saturated rings. The molecular formula is C42H56N5O7PS. The number of benzene rings is 2.